The second kappa shape index (κ2) is 6.79. The molecule has 3 aromatic rings. The molecular weight excluding hydrogens is 354 g/mol. The predicted octanol–water partition coefficient (Wildman–Crippen LogP) is 2.11. The van der Waals surface area contributed by atoms with Crippen LogP contribution in [-0.2, 0) is 10.0 Å². The highest BCUT2D eigenvalue weighted by molar-refractivity contribution is 7.89. The molecule has 26 heavy (non-hydrogen) atoms. The summed E-state index contributed by atoms with van der Waals surface area (Å²) in [6.45, 7) is 0. The maximum Gasteiger partial charge on any atom is 0.238 e. The van der Waals surface area contributed by atoms with E-state index in [1.54, 1.807) is 12.1 Å². The summed E-state index contributed by atoms with van der Waals surface area (Å²) in [5.74, 6) is 0.267. The number of nitrogens with one attached hydrogen (secondary N) is 1. The number of nitrogens with two attached hydrogens (primary N) is 1. The zero-order chi connectivity index (χ0) is 18.7. The highest BCUT2D eigenvalue weighted by Crippen LogP contribution is 2.26. The smallest absolute Gasteiger partial charge is 0.238 e. The van der Waals surface area contributed by atoms with Gasteiger partial charge in [0.15, 0.2) is 0 Å². The molecule has 4 N–H and O–H groups in total. The van der Waals surface area contributed by atoms with Crippen molar-refractivity contribution in [2.75, 3.05) is 5.32 Å². The number of sulfonamides is 1. The van der Waals surface area contributed by atoms with E-state index in [-0.39, 0.29) is 22.2 Å². The van der Waals surface area contributed by atoms with Gasteiger partial charge in [0.2, 0.25) is 16.0 Å². The second-order valence-corrected chi connectivity index (χ2v) is 6.87. The van der Waals surface area contributed by atoms with E-state index in [4.69, 9.17) is 5.14 Å². The fraction of sp³-hybridized carbons (Fsp3) is 0. The molecule has 1 aromatic heterocycles. The Hall–Kier alpha value is -3.48. The minimum Gasteiger partial charge on any atom is -0.508 e. The van der Waals surface area contributed by atoms with Crippen molar-refractivity contribution in [2.24, 2.45) is 5.14 Å². The highest BCUT2D eigenvalue weighted by Gasteiger charge is 2.11. The zero-order valence-electron chi connectivity index (χ0n) is 13.3. The van der Waals surface area contributed by atoms with Gasteiger partial charge in [-0.2, -0.15) is 5.26 Å². The maximum atomic E-state index is 11.3. The molecule has 0 saturated carbocycles. The van der Waals surface area contributed by atoms with Gasteiger partial charge < -0.3 is 10.4 Å². The van der Waals surface area contributed by atoms with E-state index in [2.05, 4.69) is 15.3 Å². The van der Waals surface area contributed by atoms with Crippen LogP contribution in [0.5, 0.6) is 5.75 Å². The third kappa shape index (κ3) is 3.77. The van der Waals surface area contributed by atoms with E-state index in [0.717, 1.165) is 0 Å². The van der Waals surface area contributed by atoms with Crippen molar-refractivity contribution in [1.82, 2.24) is 9.97 Å². The Morgan fingerprint density at radius 3 is 2.50 bits per heavy atom. The minimum absolute atomic E-state index is 0.00996. The predicted molar refractivity (Wildman–Crippen MR) is 94.9 cm³/mol. The van der Waals surface area contributed by atoms with E-state index in [9.17, 15) is 18.8 Å². The minimum atomic E-state index is -3.77. The van der Waals surface area contributed by atoms with Gasteiger partial charge in [0.25, 0.3) is 0 Å². The summed E-state index contributed by atoms with van der Waals surface area (Å²) in [5.41, 5.74) is 1.73. The molecule has 0 aliphatic heterocycles. The molecule has 0 aliphatic rings. The van der Waals surface area contributed by atoms with Crippen LogP contribution in [-0.4, -0.2) is 23.5 Å². The third-order valence-electron chi connectivity index (χ3n) is 3.47. The van der Waals surface area contributed by atoms with E-state index in [0.29, 0.717) is 16.9 Å². The number of aromatic hydroxyl groups is 1. The highest BCUT2D eigenvalue weighted by atomic mass is 32.2. The van der Waals surface area contributed by atoms with E-state index >= 15 is 0 Å². The molecule has 0 atom stereocenters. The molecule has 0 fully saturated rings. The van der Waals surface area contributed by atoms with Crippen molar-refractivity contribution in [2.45, 2.75) is 4.90 Å². The first kappa shape index (κ1) is 17.3. The summed E-state index contributed by atoms with van der Waals surface area (Å²) >= 11 is 0. The third-order valence-corrected chi connectivity index (χ3v) is 4.40. The molecule has 0 radical (unpaired) electrons. The van der Waals surface area contributed by atoms with Gasteiger partial charge >= 0.3 is 0 Å². The molecule has 1 heterocycles. The molecule has 0 aliphatic carbocycles. The Morgan fingerprint density at radius 2 is 1.88 bits per heavy atom. The van der Waals surface area contributed by atoms with Gasteiger partial charge in [0.05, 0.1) is 22.3 Å². The Morgan fingerprint density at radius 1 is 1.15 bits per heavy atom. The van der Waals surface area contributed by atoms with Crippen LogP contribution in [0.3, 0.4) is 0 Å². The van der Waals surface area contributed by atoms with Crippen LogP contribution < -0.4 is 10.5 Å². The van der Waals surface area contributed by atoms with Gasteiger partial charge in [-0.1, -0.05) is 12.1 Å². The van der Waals surface area contributed by atoms with Gasteiger partial charge in [0.1, 0.15) is 11.8 Å². The van der Waals surface area contributed by atoms with Crippen LogP contribution in [0.2, 0.25) is 0 Å². The molecule has 9 heteroatoms. The van der Waals surface area contributed by atoms with E-state index < -0.39 is 10.0 Å². The quantitative estimate of drug-likeness (QED) is 0.641. The van der Waals surface area contributed by atoms with Crippen molar-refractivity contribution in [1.29, 1.82) is 5.26 Å². The number of anilines is 2. The van der Waals surface area contributed by atoms with Crippen molar-refractivity contribution in [3.63, 3.8) is 0 Å². The number of phenolic OH excluding ortho intramolecular Hbond substituents is 1. The van der Waals surface area contributed by atoms with Crippen LogP contribution in [0, 0.1) is 11.3 Å². The molecule has 0 amide bonds. The molecule has 130 valence electrons. The number of nitrogens with zero attached hydrogens (tertiary/aromatic N) is 3. The van der Waals surface area contributed by atoms with Crippen LogP contribution in [0.15, 0.2) is 59.6 Å². The fourth-order valence-corrected chi connectivity index (χ4v) is 2.77. The number of benzene rings is 2. The first-order valence-corrected chi connectivity index (χ1v) is 8.88. The van der Waals surface area contributed by atoms with Crippen molar-refractivity contribution in [3.8, 4) is 23.1 Å². The first-order valence-electron chi connectivity index (χ1n) is 7.33. The van der Waals surface area contributed by atoms with Gasteiger partial charge in [-0.15, -0.1) is 0 Å². The summed E-state index contributed by atoms with van der Waals surface area (Å²) in [6, 6.07) is 14.1. The number of nitriles is 1. The topological polar surface area (TPSA) is 142 Å². The van der Waals surface area contributed by atoms with E-state index in [1.165, 1.54) is 42.6 Å². The molecule has 2 aromatic carbocycles. The van der Waals surface area contributed by atoms with E-state index in [1.807, 2.05) is 6.07 Å². The normalized spacial score (nSPS) is 10.9. The summed E-state index contributed by atoms with van der Waals surface area (Å²) in [5, 5.41) is 26.9. The molecule has 8 nitrogen and oxygen atoms in total. The summed E-state index contributed by atoms with van der Waals surface area (Å²) < 4.78 is 22.6. The van der Waals surface area contributed by atoms with Crippen molar-refractivity contribution in [3.05, 3.63) is 60.3 Å². The number of phenols is 1. The number of aromatic nitrogens is 2. The fourth-order valence-electron chi connectivity index (χ4n) is 2.25. The number of hydrogen-bond donors (Lipinski definition) is 3. The molecular formula is C17H13N5O3S. The summed E-state index contributed by atoms with van der Waals surface area (Å²) in [6.07, 6.45) is 1.37. The molecule has 3 rings (SSSR count). The SMILES string of the molecule is N#Cc1cnc(Nc2ccc(S(N)(=O)=O)cc2)nc1-c1cccc(O)c1. The largest absolute Gasteiger partial charge is 0.508 e. The van der Waals surface area contributed by atoms with Gasteiger partial charge in [0, 0.05) is 11.3 Å². The Kier molecular flexibility index (Phi) is 4.53. The number of rotatable bonds is 4. The molecule has 0 saturated heterocycles. The first-order chi connectivity index (χ1) is 12.4. The van der Waals surface area contributed by atoms with Crippen molar-refractivity contribution < 1.29 is 13.5 Å². The maximum absolute atomic E-state index is 11.3. The van der Waals surface area contributed by atoms with Gasteiger partial charge in [-0.3, -0.25) is 0 Å². The lowest BCUT2D eigenvalue weighted by Crippen LogP contribution is -2.11. The molecule has 0 unspecified atom stereocenters. The molecule has 0 bridgehead atoms. The van der Waals surface area contributed by atoms with Gasteiger partial charge in [-0.05, 0) is 36.4 Å². The number of hydrogen-bond acceptors (Lipinski definition) is 7. The lowest BCUT2D eigenvalue weighted by Gasteiger charge is -2.09. The van der Waals surface area contributed by atoms with Crippen LogP contribution in [0.25, 0.3) is 11.3 Å². The lowest BCUT2D eigenvalue weighted by molar-refractivity contribution is 0.475. The summed E-state index contributed by atoms with van der Waals surface area (Å²) in [7, 11) is -3.77. The monoisotopic (exact) mass is 367 g/mol. The Balaban J connectivity index is 1.95. The van der Waals surface area contributed by atoms with Crippen LogP contribution in [0.1, 0.15) is 5.56 Å². The Bertz CT molecular complexity index is 1110. The summed E-state index contributed by atoms with van der Waals surface area (Å²) in [4.78, 5) is 8.39. The molecule has 0 spiro atoms. The lowest BCUT2D eigenvalue weighted by atomic mass is 10.1. The van der Waals surface area contributed by atoms with Crippen molar-refractivity contribution >= 4 is 21.7 Å². The standard InChI is InChI=1S/C17H13N5O3S/c18-9-12-10-20-17(22-16(12)11-2-1-3-14(23)8-11)21-13-4-6-15(7-5-13)26(19,24)25/h1-8,10,23H,(H2,19,24,25)(H,20,21,22). The van der Waals surface area contributed by atoms with Crippen LogP contribution in [0.4, 0.5) is 11.6 Å². The Labute approximate surface area is 149 Å². The van der Waals surface area contributed by atoms with Crippen LogP contribution >= 0.6 is 0 Å². The zero-order valence-corrected chi connectivity index (χ0v) is 14.1. The number of primary sulfonamides is 1. The average Bonchev–Trinajstić information content (AvgIpc) is 2.61. The average molecular weight is 367 g/mol. The second-order valence-electron chi connectivity index (χ2n) is 5.31. The van der Waals surface area contributed by atoms with Gasteiger partial charge in [-0.25, -0.2) is 23.5 Å².